The molecule has 13 heteroatoms. The van der Waals surface area contributed by atoms with Gasteiger partial charge in [-0.1, -0.05) is 122 Å². The number of amides is 1. The van der Waals surface area contributed by atoms with Crippen LogP contribution in [0.5, 0.6) is 0 Å². The minimum Gasteiger partial charge on any atom is -0.790 e. The predicted molar refractivity (Wildman–Crippen MR) is 166 cm³/mol. The fraction of sp³-hybridized carbons (Fsp3) is 0.938. The van der Waals surface area contributed by atoms with E-state index < -0.39 is 26.5 Å². The van der Waals surface area contributed by atoms with Crippen molar-refractivity contribution < 1.29 is 102 Å². The van der Waals surface area contributed by atoms with Gasteiger partial charge in [0.05, 0.1) is 21.0 Å². The van der Waals surface area contributed by atoms with Crippen LogP contribution in [0, 0.1) is 0 Å². The Morgan fingerprint density at radius 3 is 1.62 bits per heavy atom. The summed E-state index contributed by atoms with van der Waals surface area (Å²) in [5.41, 5.74) is 0. The first-order valence-electron chi connectivity index (χ1n) is 17.0. The maximum Gasteiger partial charge on any atom is 1.00 e. The van der Waals surface area contributed by atoms with Gasteiger partial charge in [0.15, 0.2) is 0 Å². The first-order valence-corrected chi connectivity index (χ1v) is 18.5. The number of phosphoric ester groups is 1. The summed E-state index contributed by atoms with van der Waals surface area (Å²) in [6.45, 7) is 4.40. The third-order valence-electron chi connectivity index (χ3n) is 7.26. The Morgan fingerprint density at radius 1 is 0.667 bits per heavy atom. The van der Waals surface area contributed by atoms with Gasteiger partial charge in [0.1, 0.15) is 12.9 Å². The molecule has 0 aliphatic carbocycles. The third kappa shape index (κ3) is 42.9. The van der Waals surface area contributed by atoms with Crippen LogP contribution in [0.1, 0.15) is 155 Å². The van der Waals surface area contributed by atoms with Crippen LogP contribution in [0.3, 0.4) is 0 Å². The minimum absolute atomic E-state index is 0. The number of esters is 1. The fourth-order valence-electron chi connectivity index (χ4n) is 4.77. The fourth-order valence-corrected chi connectivity index (χ4v) is 5.12. The predicted octanol–water partition coefficient (Wildman–Crippen LogP) is 0.480. The van der Waals surface area contributed by atoms with Gasteiger partial charge in [-0.15, -0.1) is 0 Å². The molecule has 0 heterocycles. The zero-order valence-corrected chi connectivity index (χ0v) is 34.2. The average Bonchev–Trinajstić information content (AvgIpc) is 2.95. The number of hydrogen-bond acceptors (Lipinski definition) is 9. The van der Waals surface area contributed by atoms with E-state index >= 15 is 0 Å². The molecule has 0 unspecified atom stereocenters. The molecule has 10 nitrogen and oxygen atoms in total. The van der Waals surface area contributed by atoms with E-state index in [9.17, 15) is 23.9 Å². The summed E-state index contributed by atoms with van der Waals surface area (Å²) in [6.07, 6.45) is 23.7. The van der Waals surface area contributed by atoms with Crippen molar-refractivity contribution in [1.29, 1.82) is 0 Å². The van der Waals surface area contributed by atoms with Gasteiger partial charge in [-0.25, -0.2) is 0 Å². The van der Waals surface area contributed by atoms with Crippen molar-refractivity contribution >= 4 is 19.7 Å². The van der Waals surface area contributed by atoms with Crippen LogP contribution in [-0.4, -0.2) is 51.1 Å². The molecule has 0 radical (unpaired) electrons. The molecule has 45 heavy (non-hydrogen) atoms. The molecule has 0 bridgehead atoms. The summed E-state index contributed by atoms with van der Waals surface area (Å²) in [7, 11) is -5.18. The van der Waals surface area contributed by atoms with E-state index in [2.05, 4.69) is 16.8 Å². The molecule has 1 atom stereocenters. The Bertz CT molecular complexity index is 702. The van der Waals surface area contributed by atoms with Crippen molar-refractivity contribution in [1.82, 2.24) is 5.32 Å². The number of ether oxygens (including phenoxy) is 3. The van der Waals surface area contributed by atoms with Crippen LogP contribution in [-0.2, 0) is 32.9 Å². The zero-order valence-electron chi connectivity index (χ0n) is 29.3. The summed E-state index contributed by atoms with van der Waals surface area (Å²) >= 11 is 0. The molecule has 0 spiro atoms. The smallest absolute Gasteiger partial charge is 0.790 e. The van der Waals surface area contributed by atoms with E-state index in [0.717, 1.165) is 51.5 Å². The van der Waals surface area contributed by atoms with E-state index in [4.69, 9.17) is 14.2 Å². The van der Waals surface area contributed by atoms with Crippen molar-refractivity contribution in [2.24, 2.45) is 0 Å². The standard InChI is InChI=1S/C32H64NO9P.2Na/c1-3-4-5-6-7-8-9-12-15-18-21-24-32(35)42-31(28-41-43(36,37)38)27-40-29-39-26-23-20-17-14-11-10-13-16-19-22-25-33-30(2)34;;/h31H,3-29H2,1-2H3,(H,33,34)(H2,36,37,38);;/q;2*+1/p-2/t31-;;/m1../s1. The van der Waals surface area contributed by atoms with Crippen LogP contribution in [0.2, 0.25) is 0 Å². The van der Waals surface area contributed by atoms with Crippen molar-refractivity contribution in [3.63, 3.8) is 0 Å². The maximum atomic E-state index is 12.2. The molecule has 0 aliphatic rings. The second-order valence-corrected chi connectivity index (χ2v) is 12.7. The largest absolute Gasteiger partial charge is 1.00 e. The van der Waals surface area contributed by atoms with Gasteiger partial charge < -0.3 is 38.4 Å². The number of carbonyl (C=O) groups excluding carboxylic acids is 2. The van der Waals surface area contributed by atoms with Crippen molar-refractivity contribution in [3.8, 4) is 0 Å². The number of nitrogens with one attached hydrogen (secondary N) is 1. The topological polar surface area (TPSA) is 146 Å². The van der Waals surface area contributed by atoms with Gasteiger partial charge in [0, 0.05) is 26.5 Å². The van der Waals surface area contributed by atoms with Crippen molar-refractivity contribution in [2.75, 3.05) is 33.2 Å². The number of carbonyl (C=O) groups is 2. The zero-order chi connectivity index (χ0) is 31.9. The Kier molecular flexibility index (Phi) is 42.3. The van der Waals surface area contributed by atoms with Crippen LogP contribution in [0.15, 0.2) is 0 Å². The van der Waals surface area contributed by atoms with Gasteiger partial charge in [0.2, 0.25) is 5.91 Å². The maximum absolute atomic E-state index is 12.2. The summed E-state index contributed by atoms with van der Waals surface area (Å²) in [5, 5.41) is 2.82. The SMILES string of the molecule is CCCCCCCCCCCCCC(=O)O[C@H](COCOCCCCCCCCCCCCNC(C)=O)COP(=O)([O-])[O-].[Na+].[Na+]. The molecule has 1 N–H and O–H groups in total. The molecule has 256 valence electrons. The monoisotopic (exact) mass is 681 g/mol. The van der Waals surface area contributed by atoms with Crippen LogP contribution >= 0.6 is 7.82 Å². The molecule has 0 saturated carbocycles. The van der Waals surface area contributed by atoms with E-state index in [1.807, 2.05) is 0 Å². The molecule has 0 saturated heterocycles. The van der Waals surface area contributed by atoms with E-state index in [1.165, 1.54) is 83.5 Å². The minimum atomic E-state index is -5.18. The third-order valence-corrected chi connectivity index (χ3v) is 7.73. The Labute approximate surface area is 318 Å². The van der Waals surface area contributed by atoms with E-state index in [0.29, 0.717) is 13.0 Å². The van der Waals surface area contributed by atoms with Gasteiger partial charge in [-0.2, -0.15) is 0 Å². The molecule has 0 fully saturated rings. The van der Waals surface area contributed by atoms with Crippen molar-refractivity contribution in [2.45, 2.75) is 161 Å². The van der Waals surface area contributed by atoms with Crippen LogP contribution < -0.4 is 74.2 Å². The normalized spacial score (nSPS) is 11.8. The summed E-state index contributed by atoms with van der Waals surface area (Å²) in [5.74, 6) is -0.418. The van der Waals surface area contributed by atoms with Gasteiger partial charge in [-0.3, -0.25) is 9.59 Å². The average molecular weight is 682 g/mol. The number of hydrogen-bond donors (Lipinski definition) is 1. The summed E-state index contributed by atoms with van der Waals surface area (Å²) in [6, 6.07) is 0. The molecule has 0 aromatic heterocycles. The molecule has 0 aromatic carbocycles. The molecule has 0 rings (SSSR count). The molecular formula is C32H62NNa2O9P. The van der Waals surface area contributed by atoms with Gasteiger partial charge in [-0.05, 0) is 19.3 Å². The van der Waals surface area contributed by atoms with Gasteiger partial charge in [0.25, 0.3) is 0 Å². The second-order valence-electron chi connectivity index (χ2n) is 11.6. The first kappa shape index (κ1) is 50.3. The Morgan fingerprint density at radius 2 is 1.13 bits per heavy atom. The molecule has 0 aromatic rings. The quantitative estimate of drug-likeness (QED) is 0.0344. The number of phosphoric acid groups is 1. The van der Waals surface area contributed by atoms with Crippen molar-refractivity contribution in [3.05, 3.63) is 0 Å². The Hall–Kier alpha value is 0.970. The summed E-state index contributed by atoms with van der Waals surface area (Å²) < 4.78 is 31.4. The second kappa shape index (κ2) is 37.8. The molecular weight excluding hydrogens is 619 g/mol. The summed E-state index contributed by atoms with van der Waals surface area (Å²) in [4.78, 5) is 44.8. The number of unbranched alkanes of at least 4 members (excludes halogenated alkanes) is 19. The Balaban J connectivity index is -0.00000882. The molecule has 1 amide bonds. The van der Waals surface area contributed by atoms with Crippen LogP contribution in [0.4, 0.5) is 0 Å². The molecule has 0 aliphatic heterocycles. The van der Waals surface area contributed by atoms with E-state index in [-0.39, 0.29) is 84.8 Å². The van der Waals surface area contributed by atoms with Crippen LogP contribution in [0.25, 0.3) is 0 Å². The first-order chi connectivity index (χ1) is 20.7. The van der Waals surface area contributed by atoms with E-state index in [1.54, 1.807) is 6.92 Å². The van der Waals surface area contributed by atoms with Gasteiger partial charge >= 0.3 is 65.1 Å². The number of rotatable bonds is 33.